The van der Waals surface area contributed by atoms with E-state index in [2.05, 4.69) is 15.9 Å². The van der Waals surface area contributed by atoms with Gasteiger partial charge in [-0.05, 0) is 18.2 Å². The number of benzene rings is 1. The molecule has 0 radical (unpaired) electrons. The lowest BCUT2D eigenvalue weighted by Gasteiger charge is -2.16. The molecule has 0 aromatic heterocycles. The summed E-state index contributed by atoms with van der Waals surface area (Å²) in [7, 11) is 1.75. The zero-order valence-corrected chi connectivity index (χ0v) is 8.78. The molecule has 0 spiro atoms. The minimum absolute atomic E-state index is 0.0104. The highest BCUT2D eigenvalue weighted by Crippen LogP contribution is 2.18. The van der Waals surface area contributed by atoms with Gasteiger partial charge >= 0.3 is 5.97 Å². The van der Waals surface area contributed by atoms with Crippen molar-refractivity contribution in [2.45, 2.75) is 0 Å². The van der Waals surface area contributed by atoms with Crippen LogP contribution in [0.2, 0.25) is 0 Å². The predicted octanol–water partition coefficient (Wildman–Crippen LogP) is 1.97. The van der Waals surface area contributed by atoms with Crippen LogP contribution in [0.1, 0.15) is 0 Å². The van der Waals surface area contributed by atoms with Crippen molar-refractivity contribution in [3.63, 3.8) is 0 Å². The SMILES string of the molecule is CN(CC(=O)O)c1cccc(Br)c1. The van der Waals surface area contributed by atoms with E-state index in [-0.39, 0.29) is 6.54 Å². The maximum absolute atomic E-state index is 10.4. The van der Waals surface area contributed by atoms with Crippen LogP contribution < -0.4 is 4.90 Å². The third kappa shape index (κ3) is 3.06. The number of likely N-dealkylation sites (N-methyl/N-ethyl adjacent to an activating group) is 1. The lowest BCUT2D eigenvalue weighted by Crippen LogP contribution is -2.24. The Morgan fingerprint density at radius 2 is 2.31 bits per heavy atom. The van der Waals surface area contributed by atoms with Gasteiger partial charge in [0.1, 0.15) is 6.54 Å². The van der Waals surface area contributed by atoms with Gasteiger partial charge in [-0.2, -0.15) is 0 Å². The van der Waals surface area contributed by atoms with Gasteiger partial charge in [-0.25, -0.2) is 0 Å². The molecule has 1 aromatic carbocycles. The van der Waals surface area contributed by atoms with Crippen LogP contribution in [0.3, 0.4) is 0 Å². The largest absolute Gasteiger partial charge is 0.480 e. The van der Waals surface area contributed by atoms with E-state index >= 15 is 0 Å². The Balaban J connectivity index is 2.76. The molecule has 1 N–H and O–H groups in total. The van der Waals surface area contributed by atoms with Crippen LogP contribution in [0.15, 0.2) is 28.7 Å². The molecule has 0 atom stereocenters. The van der Waals surface area contributed by atoms with E-state index < -0.39 is 5.97 Å². The molecule has 0 aliphatic rings. The number of anilines is 1. The predicted molar refractivity (Wildman–Crippen MR) is 55.0 cm³/mol. The summed E-state index contributed by atoms with van der Waals surface area (Å²) in [6.45, 7) is 0.0104. The molecule has 1 aromatic rings. The number of hydrogen-bond acceptors (Lipinski definition) is 2. The van der Waals surface area contributed by atoms with Crippen LogP contribution in [-0.2, 0) is 4.79 Å². The zero-order valence-electron chi connectivity index (χ0n) is 7.20. The van der Waals surface area contributed by atoms with Gasteiger partial charge in [-0.1, -0.05) is 22.0 Å². The Morgan fingerprint density at radius 1 is 1.62 bits per heavy atom. The van der Waals surface area contributed by atoms with E-state index in [4.69, 9.17) is 5.11 Å². The second-order valence-corrected chi connectivity index (χ2v) is 3.65. The molecule has 13 heavy (non-hydrogen) atoms. The van der Waals surface area contributed by atoms with Crippen LogP contribution in [0.5, 0.6) is 0 Å². The Kier molecular flexibility index (Phi) is 3.31. The fourth-order valence-corrected chi connectivity index (χ4v) is 1.39. The molecule has 0 fully saturated rings. The highest BCUT2D eigenvalue weighted by atomic mass is 79.9. The standard InChI is InChI=1S/C9H10BrNO2/c1-11(6-9(12)13)8-4-2-3-7(10)5-8/h2-5H,6H2,1H3,(H,12,13). The van der Waals surface area contributed by atoms with E-state index in [1.807, 2.05) is 24.3 Å². The van der Waals surface area contributed by atoms with Gasteiger partial charge in [0, 0.05) is 17.2 Å². The minimum Gasteiger partial charge on any atom is -0.480 e. The van der Waals surface area contributed by atoms with Crippen molar-refractivity contribution in [3.05, 3.63) is 28.7 Å². The van der Waals surface area contributed by atoms with Crippen LogP contribution in [0, 0.1) is 0 Å². The summed E-state index contributed by atoms with van der Waals surface area (Å²) < 4.78 is 0.947. The lowest BCUT2D eigenvalue weighted by molar-refractivity contribution is -0.135. The molecule has 0 unspecified atom stereocenters. The number of halogens is 1. The van der Waals surface area contributed by atoms with Crippen molar-refractivity contribution in [1.82, 2.24) is 0 Å². The second-order valence-electron chi connectivity index (χ2n) is 2.73. The summed E-state index contributed by atoms with van der Waals surface area (Å²) in [6, 6.07) is 7.52. The number of nitrogens with zero attached hydrogens (tertiary/aromatic N) is 1. The Morgan fingerprint density at radius 3 is 2.85 bits per heavy atom. The quantitative estimate of drug-likeness (QED) is 0.883. The van der Waals surface area contributed by atoms with E-state index in [9.17, 15) is 4.79 Å². The van der Waals surface area contributed by atoms with Gasteiger partial charge in [0.05, 0.1) is 0 Å². The maximum Gasteiger partial charge on any atom is 0.323 e. The number of hydrogen-bond donors (Lipinski definition) is 1. The molecule has 1 rings (SSSR count). The summed E-state index contributed by atoms with van der Waals surface area (Å²) >= 11 is 3.32. The van der Waals surface area contributed by atoms with Gasteiger partial charge in [0.25, 0.3) is 0 Å². The smallest absolute Gasteiger partial charge is 0.323 e. The third-order valence-electron chi connectivity index (χ3n) is 1.62. The molecule has 0 saturated carbocycles. The molecular weight excluding hydrogens is 234 g/mol. The summed E-state index contributed by atoms with van der Waals surface area (Å²) in [5.74, 6) is -0.831. The van der Waals surface area contributed by atoms with Gasteiger partial charge in [0.2, 0.25) is 0 Å². The highest BCUT2D eigenvalue weighted by Gasteiger charge is 2.04. The van der Waals surface area contributed by atoms with E-state index in [1.54, 1.807) is 11.9 Å². The van der Waals surface area contributed by atoms with Crippen molar-refractivity contribution in [1.29, 1.82) is 0 Å². The van der Waals surface area contributed by atoms with Crippen molar-refractivity contribution >= 4 is 27.6 Å². The normalized spacial score (nSPS) is 9.69. The molecule has 70 valence electrons. The van der Waals surface area contributed by atoms with Crippen molar-refractivity contribution in [2.24, 2.45) is 0 Å². The molecule has 4 heteroatoms. The fourth-order valence-electron chi connectivity index (χ4n) is 1.01. The van der Waals surface area contributed by atoms with E-state index in [1.165, 1.54) is 0 Å². The summed E-state index contributed by atoms with van der Waals surface area (Å²) in [5.41, 5.74) is 0.886. The first-order chi connectivity index (χ1) is 6.09. The van der Waals surface area contributed by atoms with E-state index in [0.29, 0.717) is 0 Å². The zero-order chi connectivity index (χ0) is 9.84. The number of rotatable bonds is 3. The van der Waals surface area contributed by atoms with Gasteiger partial charge in [-0.3, -0.25) is 4.79 Å². The van der Waals surface area contributed by atoms with Crippen molar-refractivity contribution in [2.75, 3.05) is 18.5 Å². The molecular formula is C9H10BrNO2. The van der Waals surface area contributed by atoms with Crippen LogP contribution in [0.25, 0.3) is 0 Å². The molecule has 0 aliphatic heterocycles. The first-order valence-corrected chi connectivity index (χ1v) is 4.57. The second kappa shape index (κ2) is 4.28. The Bertz CT molecular complexity index is 314. The van der Waals surface area contributed by atoms with Gasteiger partial charge in [0.15, 0.2) is 0 Å². The van der Waals surface area contributed by atoms with Gasteiger partial charge in [-0.15, -0.1) is 0 Å². The average Bonchev–Trinajstić information content (AvgIpc) is 2.03. The van der Waals surface area contributed by atoms with Crippen LogP contribution >= 0.6 is 15.9 Å². The molecule has 0 aliphatic carbocycles. The maximum atomic E-state index is 10.4. The molecule has 0 heterocycles. The van der Waals surface area contributed by atoms with Crippen molar-refractivity contribution in [3.8, 4) is 0 Å². The Labute approximate surface area is 85.1 Å². The van der Waals surface area contributed by atoms with Crippen molar-refractivity contribution < 1.29 is 9.90 Å². The number of aliphatic carboxylic acids is 1. The van der Waals surface area contributed by atoms with Crippen LogP contribution in [0.4, 0.5) is 5.69 Å². The Hall–Kier alpha value is -1.03. The molecule has 0 bridgehead atoms. The fraction of sp³-hybridized carbons (Fsp3) is 0.222. The topological polar surface area (TPSA) is 40.5 Å². The van der Waals surface area contributed by atoms with Gasteiger partial charge < -0.3 is 10.0 Å². The summed E-state index contributed by atoms with van der Waals surface area (Å²) in [5, 5.41) is 8.56. The molecule has 0 saturated heterocycles. The molecule has 3 nitrogen and oxygen atoms in total. The van der Waals surface area contributed by atoms with E-state index in [0.717, 1.165) is 10.2 Å². The minimum atomic E-state index is -0.831. The first kappa shape index (κ1) is 10.1. The number of carbonyl (C=O) groups is 1. The van der Waals surface area contributed by atoms with Crippen LogP contribution in [-0.4, -0.2) is 24.7 Å². The lowest BCUT2D eigenvalue weighted by atomic mass is 10.3. The first-order valence-electron chi connectivity index (χ1n) is 3.78. The summed E-state index contributed by atoms with van der Waals surface area (Å²) in [6.07, 6.45) is 0. The monoisotopic (exact) mass is 243 g/mol. The summed E-state index contributed by atoms with van der Waals surface area (Å²) in [4.78, 5) is 12.1. The number of carboxylic acid groups (broad SMARTS) is 1. The average molecular weight is 244 g/mol. The highest BCUT2D eigenvalue weighted by molar-refractivity contribution is 9.10. The number of carboxylic acids is 1. The molecule has 0 amide bonds. The third-order valence-corrected chi connectivity index (χ3v) is 2.11.